The molecule has 0 aromatic heterocycles. The molecule has 0 heterocycles. The van der Waals surface area contributed by atoms with Crippen LogP contribution in [0.1, 0.15) is 6.42 Å². The first kappa shape index (κ1) is 13.7. The van der Waals surface area contributed by atoms with E-state index < -0.39 is 17.6 Å². The molecular weight excluding hydrogens is 304 g/mol. The largest absolute Gasteiger partial charge is 0.469 e. The molecule has 6 heteroatoms. The lowest BCUT2D eigenvalue weighted by Crippen LogP contribution is -2.61. The highest BCUT2D eigenvalue weighted by Gasteiger charge is 2.61. The van der Waals surface area contributed by atoms with Crippen LogP contribution in [0.15, 0.2) is 10.6 Å². The summed E-state index contributed by atoms with van der Waals surface area (Å²) in [5.41, 5.74) is 0. The summed E-state index contributed by atoms with van der Waals surface area (Å²) < 4.78 is 16.2. The van der Waals surface area contributed by atoms with Crippen LogP contribution in [-0.2, 0) is 23.8 Å². The van der Waals surface area contributed by atoms with E-state index in [2.05, 4.69) is 15.9 Å². The third-order valence-electron chi connectivity index (χ3n) is 3.81. The molecule has 100 valence electrons. The van der Waals surface area contributed by atoms with E-state index in [9.17, 15) is 9.59 Å². The second-order valence-corrected chi connectivity index (χ2v) is 5.35. The van der Waals surface area contributed by atoms with Gasteiger partial charge < -0.3 is 14.2 Å². The fourth-order valence-corrected chi connectivity index (χ4v) is 3.65. The highest BCUT2D eigenvalue weighted by Crippen LogP contribution is 2.51. The lowest BCUT2D eigenvalue weighted by Gasteiger charge is -2.48. The monoisotopic (exact) mass is 318 g/mol. The minimum atomic E-state index is -1.29. The van der Waals surface area contributed by atoms with Crippen molar-refractivity contribution in [2.75, 3.05) is 21.3 Å². The van der Waals surface area contributed by atoms with Crippen LogP contribution >= 0.6 is 15.9 Å². The molecule has 0 aromatic carbocycles. The summed E-state index contributed by atoms with van der Waals surface area (Å²) in [7, 11) is 4.21. The van der Waals surface area contributed by atoms with Crippen molar-refractivity contribution in [3.63, 3.8) is 0 Å². The Balaban J connectivity index is 2.42. The molecule has 5 nitrogen and oxygen atoms in total. The van der Waals surface area contributed by atoms with Crippen LogP contribution in [0.5, 0.6) is 0 Å². The number of carbonyl (C=O) groups excluding carboxylic acids is 2. The third-order valence-corrected chi connectivity index (χ3v) is 4.63. The van der Waals surface area contributed by atoms with Gasteiger partial charge in [0, 0.05) is 18.7 Å². The number of rotatable bonds is 3. The van der Waals surface area contributed by atoms with Gasteiger partial charge in [0.1, 0.15) is 0 Å². The number of ketones is 1. The number of esters is 1. The minimum Gasteiger partial charge on any atom is -0.469 e. The molecule has 0 saturated heterocycles. The molecule has 2 bridgehead atoms. The molecule has 0 amide bonds. The predicted octanol–water partition coefficient (Wildman–Crippen LogP) is 1.26. The van der Waals surface area contributed by atoms with Crippen LogP contribution < -0.4 is 0 Å². The van der Waals surface area contributed by atoms with Gasteiger partial charge >= 0.3 is 5.97 Å². The van der Waals surface area contributed by atoms with Crippen molar-refractivity contribution in [1.82, 2.24) is 0 Å². The first-order valence-corrected chi connectivity index (χ1v) is 6.40. The first-order chi connectivity index (χ1) is 8.51. The maximum Gasteiger partial charge on any atom is 0.309 e. The van der Waals surface area contributed by atoms with Gasteiger partial charge in [-0.05, 0) is 6.42 Å². The SMILES string of the molecule is COC(=O)C1CC2C(Br)=CC1C(=O)C2(OC)OC. The summed E-state index contributed by atoms with van der Waals surface area (Å²) >= 11 is 3.43. The molecule has 3 unspecified atom stereocenters. The second-order valence-electron chi connectivity index (χ2n) is 4.44. The Kier molecular flexibility index (Phi) is 3.62. The summed E-state index contributed by atoms with van der Waals surface area (Å²) in [5.74, 6) is -3.20. The van der Waals surface area contributed by atoms with Gasteiger partial charge in [-0.2, -0.15) is 0 Å². The third kappa shape index (κ3) is 1.66. The van der Waals surface area contributed by atoms with E-state index in [4.69, 9.17) is 14.2 Å². The molecule has 0 N–H and O–H groups in total. The highest BCUT2D eigenvalue weighted by molar-refractivity contribution is 9.11. The van der Waals surface area contributed by atoms with E-state index in [1.165, 1.54) is 21.3 Å². The summed E-state index contributed by atoms with van der Waals surface area (Å²) in [4.78, 5) is 24.1. The first-order valence-electron chi connectivity index (χ1n) is 5.61. The topological polar surface area (TPSA) is 61.8 Å². The van der Waals surface area contributed by atoms with Gasteiger partial charge in [-0.15, -0.1) is 0 Å². The fraction of sp³-hybridized carbons (Fsp3) is 0.667. The maximum absolute atomic E-state index is 12.4. The van der Waals surface area contributed by atoms with Crippen molar-refractivity contribution in [3.8, 4) is 0 Å². The zero-order valence-corrected chi connectivity index (χ0v) is 12.0. The quantitative estimate of drug-likeness (QED) is 0.579. The van der Waals surface area contributed by atoms with Crippen LogP contribution in [-0.4, -0.2) is 38.9 Å². The Hall–Kier alpha value is -0.720. The van der Waals surface area contributed by atoms with E-state index in [0.29, 0.717) is 6.42 Å². The van der Waals surface area contributed by atoms with Gasteiger partial charge in [0.25, 0.3) is 0 Å². The van der Waals surface area contributed by atoms with Crippen molar-refractivity contribution in [1.29, 1.82) is 0 Å². The molecule has 1 saturated carbocycles. The molecule has 3 aliphatic carbocycles. The van der Waals surface area contributed by atoms with Gasteiger partial charge in [-0.3, -0.25) is 9.59 Å². The number of carbonyl (C=O) groups is 2. The van der Waals surface area contributed by atoms with Crippen molar-refractivity contribution in [2.24, 2.45) is 17.8 Å². The summed E-state index contributed by atoms with van der Waals surface area (Å²) in [6.45, 7) is 0. The average molecular weight is 319 g/mol. The van der Waals surface area contributed by atoms with Gasteiger partial charge in [0.05, 0.1) is 24.9 Å². The van der Waals surface area contributed by atoms with Gasteiger partial charge in [-0.1, -0.05) is 22.0 Å². The van der Waals surface area contributed by atoms with Crippen LogP contribution in [0.4, 0.5) is 0 Å². The number of hydrogen-bond donors (Lipinski definition) is 0. The van der Waals surface area contributed by atoms with Crippen LogP contribution in [0, 0.1) is 17.8 Å². The zero-order chi connectivity index (χ0) is 13.5. The highest BCUT2D eigenvalue weighted by atomic mass is 79.9. The Morgan fingerprint density at radius 3 is 2.50 bits per heavy atom. The molecule has 3 rings (SSSR count). The molecule has 0 aromatic rings. The second kappa shape index (κ2) is 4.75. The predicted molar refractivity (Wildman–Crippen MR) is 65.9 cm³/mol. The van der Waals surface area contributed by atoms with Crippen LogP contribution in [0.2, 0.25) is 0 Å². The number of ether oxygens (including phenoxy) is 3. The Morgan fingerprint density at radius 2 is 2.00 bits per heavy atom. The normalized spacial score (nSPS) is 33.2. The molecule has 3 aliphatic rings. The van der Waals surface area contributed by atoms with Crippen molar-refractivity contribution in [3.05, 3.63) is 10.6 Å². The maximum atomic E-state index is 12.4. The molecule has 0 spiro atoms. The molecule has 18 heavy (non-hydrogen) atoms. The average Bonchev–Trinajstić information content (AvgIpc) is 2.39. The number of Topliss-reactive ketones (excluding diaryl/α,β-unsaturated/α-hetero) is 1. The number of halogens is 1. The van der Waals surface area contributed by atoms with E-state index in [-0.39, 0.29) is 17.7 Å². The lowest BCUT2D eigenvalue weighted by atomic mass is 9.64. The Morgan fingerprint density at radius 1 is 1.39 bits per heavy atom. The van der Waals surface area contributed by atoms with Crippen molar-refractivity contribution >= 4 is 27.7 Å². The van der Waals surface area contributed by atoms with E-state index in [1.807, 2.05) is 0 Å². The fourth-order valence-electron chi connectivity index (χ4n) is 2.88. The molecule has 1 fully saturated rings. The minimum absolute atomic E-state index is 0.220. The molecule has 3 atom stereocenters. The number of methoxy groups -OCH3 is 3. The number of allylic oxidation sites excluding steroid dienone is 1. The smallest absolute Gasteiger partial charge is 0.309 e. The lowest BCUT2D eigenvalue weighted by molar-refractivity contribution is -0.241. The molecule has 0 aliphatic heterocycles. The van der Waals surface area contributed by atoms with E-state index in [0.717, 1.165) is 4.48 Å². The summed E-state index contributed by atoms with van der Waals surface area (Å²) in [6.07, 6.45) is 2.23. The number of fused-ring (bicyclic) bond motifs is 2. The van der Waals surface area contributed by atoms with E-state index >= 15 is 0 Å². The number of hydrogen-bond acceptors (Lipinski definition) is 5. The van der Waals surface area contributed by atoms with Crippen LogP contribution in [0.25, 0.3) is 0 Å². The van der Waals surface area contributed by atoms with Crippen molar-refractivity contribution < 1.29 is 23.8 Å². The molecular formula is C12H15BrO5. The zero-order valence-electron chi connectivity index (χ0n) is 10.4. The standard InChI is InChI=1S/C12H15BrO5/c1-16-11(15)7-4-8-9(13)5-6(7)10(14)12(8,17-2)18-3/h5-8H,4H2,1-3H3. The van der Waals surface area contributed by atoms with Gasteiger partial charge in [0.15, 0.2) is 5.78 Å². The van der Waals surface area contributed by atoms with Gasteiger partial charge in [0.2, 0.25) is 5.79 Å². The van der Waals surface area contributed by atoms with Crippen LogP contribution in [0.3, 0.4) is 0 Å². The Labute approximate surface area is 114 Å². The van der Waals surface area contributed by atoms with E-state index in [1.54, 1.807) is 6.08 Å². The summed E-state index contributed by atoms with van der Waals surface area (Å²) in [6, 6.07) is 0. The summed E-state index contributed by atoms with van der Waals surface area (Å²) in [5, 5.41) is 0. The van der Waals surface area contributed by atoms with Gasteiger partial charge in [-0.25, -0.2) is 0 Å². The molecule has 0 radical (unpaired) electrons. The van der Waals surface area contributed by atoms with Crippen molar-refractivity contribution in [2.45, 2.75) is 12.2 Å². The Bertz CT molecular complexity index is 413.